The van der Waals surface area contributed by atoms with Crippen LogP contribution in [0.3, 0.4) is 0 Å². The van der Waals surface area contributed by atoms with Crippen molar-refractivity contribution >= 4 is 0 Å². The van der Waals surface area contributed by atoms with Crippen molar-refractivity contribution in [2.24, 2.45) is 5.92 Å². The van der Waals surface area contributed by atoms with Crippen molar-refractivity contribution in [1.29, 1.82) is 0 Å². The zero-order chi connectivity index (χ0) is 10.1. The zero-order valence-corrected chi connectivity index (χ0v) is 9.21. The van der Waals surface area contributed by atoms with Crippen LogP contribution in [0, 0.1) is 5.92 Å². The lowest BCUT2D eigenvalue weighted by Crippen LogP contribution is -2.28. The first kappa shape index (κ1) is 9.41. The molecule has 1 N–H and O–H groups in total. The van der Waals surface area contributed by atoms with E-state index in [1.54, 1.807) is 5.56 Å². The van der Waals surface area contributed by atoms with Gasteiger partial charge in [-0.25, -0.2) is 0 Å². The van der Waals surface area contributed by atoms with Crippen molar-refractivity contribution in [2.75, 3.05) is 6.54 Å². The maximum Gasteiger partial charge on any atom is 0.0208 e. The topological polar surface area (TPSA) is 12.0 Å². The van der Waals surface area contributed by atoms with E-state index in [2.05, 4.69) is 29.6 Å². The van der Waals surface area contributed by atoms with Crippen molar-refractivity contribution < 1.29 is 0 Å². The smallest absolute Gasteiger partial charge is 0.0208 e. The SMILES string of the molecule is c1ccc2c(c1)CNCC2CCC1CC1. The van der Waals surface area contributed by atoms with E-state index in [-0.39, 0.29) is 0 Å². The Morgan fingerprint density at radius 3 is 2.87 bits per heavy atom. The molecule has 1 fully saturated rings. The fourth-order valence-electron chi connectivity index (χ4n) is 2.69. The van der Waals surface area contributed by atoms with Gasteiger partial charge in [0.15, 0.2) is 0 Å². The molecule has 1 aromatic carbocycles. The van der Waals surface area contributed by atoms with Gasteiger partial charge in [-0.3, -0.25) is 0 Å². The minimum atomic E-state index is 0.774. The quantitative estimate of drug-likeness (QED) is 0.792. The Balaban J connectivity index is 1.73. The third kappa shape index (κ3) is 2.07. The highest BCUT2D eigenvalue weighted by atomic mass is 14.9. The standard InChI is InChI=1S/C14H19N/c1-2-4-14-12(3-1)9-15-10-13(14)8-7-11-5-6-11/h1-4,11,13,15H,5-10H2. The minimum absolute atomic E-state index is 0.774. The molecule has 0 bridgehead atoms. The van der Waals surface area contributed by atoms with Crippen LogP contribution in [0.4, 0.5) is 0 Å². The van der Waals surface area contributed by atoms with E-state index in [0.717, 1.165) is 18.4 Å². The summed E-state index contributed by atoms with van der Waals surface area (Å²) in [5, 5.41) is 3.54. The van der Waals surface area contributed by atoms with Crippen LogP contribution < -0.4 is 5.32 Å². The van der Waals surface area contributed by atoms with Crippen molar-refractivity contribution in [3.63, 3.8) is 0 Å². The molecule has 0 radical (unpaired) electrons. The van der Waals surface area contributed by atoms with Crippen LogP contribution in [0.15, 0.2) is 24.3 Å². The first-order valence-electron chi connectivity index (χ1n) is 6.22. The highest BCUT2D eigenvalue weighted by molar-refractivity contribution is 5.32. The molecule has 1 aliphatic carbocycles. The Morgan fingerprint density at radius 1 is 1.13 bits per heavy atom. The first-order chi connectivity index (χ1) is 7.43. The van der Waals surface area contributed by atoms with E-state index in [9.17, 15) is 0 Å². The zero-order valence-electron chi connectivity index (χ0n) is 9.21. The van der Waals surface area contributed by atoms with Crippen molar-refractivity contribution in [3.8, 4) is 0 Å². The molecule has 1 heterocycles. The number of nitrogens with one attached hydrogen (secondary N) is 1. The van der Waals surface area contributed by atoms with Gasteiger partial charge in [-0.1, -0.05) is 37.1 Å². The summed E-state index contributed by atoms with van der Waals surface area (Å²) >= 11 is 0. The normalized spacial score (nSPS) is 24.9. The van der Waals surface area contributed by atoms with Crippen LogP contribution >= 0.6 is 0 Å². The van der Waals surface area contributed by atoms with E-state index in [1.165, 1.54) is 37.8 Å². The Bertz CT molecular complexity index is 341. The van der Waals surface area contributed by atoms with E-state index < -0.39 is 0 Å². The van der Waals surface area contributed by atoms with Gasteiger partial charge in [-0.2, -0.15) is 0 Å². The molecule has 3 rings (SSSR count). The molecule has 1 saturated carbocycles. The molecule has 80 valence electrons. The second-order valence-corrected chi connectivity index (χ2v) is 5.05. The third-order valence-corrected chi connectivity index (χ3v) is 3.82. The third-order valence-electron chi connectivity index (χ3n) is 3.82. The van der Waals surface area contributed by atoms with Gasteiger partial charge >= 0.3 is 0 Å². The molecular weight excluding hydrogens is 182 g/mol. The maximum absolute atomic E-state index is 3.54. The molecule has 15 heavy (non-hydrogen) atoms. The van der Waals surface area contributed by atoms with E-state index in [1.807, 2.05) is 0 Å². The number of rotatable bonds is 3. The van der Waals surface area contributed by atoms with Gasteiger partial charge in [0.2, 0.25) is 0 Å². The second kappa shape index (κ2) is 3.97. The summed E-state index contributed by atoms with van der Waals surface area (Å²) in [6, 6.07) is 8.94. The largest absolute Gasteiger partial charge is 0.312 e. The average Bonchev–Trinajstić information content (AvgIpc) is 3.10. The maximum atomic E-state index is 3.54. The summed E-state index contributed by atoms with van der Waals surface area (Å²) < 4.78 is 0. The molecular formula is C14H19N. The monoisotopic (exact) mass is 201 g/mol. The van der Waals surface area contributed by atoms with Crippen LogP contribution in [0.25, 0.3) is 0 Å². The van der Waals surface area contributed by atoms with E-state index in [0.29, 0.717) is 0 Å². The highest BCUT2D eigenvalue weighted by Gasteiger charge is 2.25. The van der Waals surface area contributed by atoms with Crippen LogP contribution in [0.5, 0.6) is 0 Å². The summed E-state index contributed by atoms with van der Waals surface area (Å²) in [5.74, 6) is 1.84. The fourth-order valence-corrected chi connectivity index (χ4v) is 2.69. The van der Waals surface area contributed by atoms with Gasteiger partial charge in [0.1, 0.15) is 0 Å². The summed E-state index contributed by atoms with van der Waals surface area (Å²) in [6.07, 6.45) is 5.80. The number of fused-ring (bicyclic) bond motifs is 1. The van der Waals surface area contributed by atoms with Crippen molar-refractivity contribution in [3.05, 3.63) is 35.4 Å². The Hall–Kier alpha value is -0.820. The molecule has 1 aromatic rings. The lowest BCUT2D eigenvalue weighted by atomic mass is 9.87. The van der Waals surface area contributed by atoms with Crippen LogP contribution in [-0.4, -0.2) is 6.54 Å². The molecule has 1 aliphatic heterocycles. The number of hydrogen-bond donors (Lipinski definition) is 1. The van der Waals surface area contributed by atoms with Crippen LogP contribution in [0.2, 0.25) is 0 Å². The predicted octanol–water partition coefficient (Wildman–Crippen LogP) is 3.06. The lowest BCUT2D eigenvalue weighted by Gasteiger charge is -2.26. The number of benzene rings is 1. The van der Waals surface area contributed by atoms with E-state index >= 15 is 0 Å². The molecule has 1 nitrogen and oxygen atoms in total. The van der Waals surface area contributed by atoms with Gasteiger partial charge in [0, 0.05) is 13.1 Å². The molecule has 0 saturated heterocycles. The number of hydrogen-bond acceptors (Lipinski definition) is 1. The van der Waals surface area contributed by atoms with Crippen molar-refractivity contribution in [1.82, 2.24) is 5.32 Å². The molecule has 0 aromatic heterocycles. The van der Waals surface area contributed by atoms with Gasteiger partial charge < -0.3 is 5.32 Å². The van der Waals surface area contributed by atoms with Gasteiger partial charge in [-0.05, 0) is 35.8 Å². The highest BCUT2D eigenvalue weighted by Crippen LogP contribution is 2.37. The first-order valence-corrected chi connectivity index (χ1v) is 6.22. The molecule has 1 heteroatoms. The van der Waals surface area contributed by atoms with Crippen molar-refractivity contribution in [2.45, 2.75) is 38.1 Å². The predicted molar refractivity (Wildman–Crippen MR) is 62.8 cm³/mol. The minimum Gasteiger partial charge on any atom is -0.312 e. The molecule has 1 atom stereocenters. The summed E-state index contributed by atoms with van der Waals surface area (Å²) in [5.41, 5.74) is 3.13. The summed E-state index contributed by atoms with van der Waals surface area (Å²) in [4.78, 5) is 0. The fraction of sp³-hybridized carbons (Fsp3) is 0.571. The summed E-state index contributed by atoms with van der Waals surface area (Å²) in [6.45, 7) is 2.25. The van der Waals surface area contributed by atoms with Gasteiger partial charge in [0.05, 0.1) is 0 Å². The second-order valence-electron chi connectivity index (χ2n) is 5.05. The molecule has 0 amide bonds. The lowest BCUT2D eigenvalue weighted by molar-refractivity contribution is 0.487. The van der Waals surface area contributed by atoms with Gasteiger partial charge in [0.25, 0.3) is 0 Å². The molecule has 0 spiro atoms. The van der Waals surface area contributed by atoms with E-state index in [4.69, 9.17) is 0 Å². The molecule has 2 aliphatic rings. The van der Waals surface area contributed by atoms with Crippen LogP contribution in [-0.2, 0) is 6.54 Å². The average molecular weight is 201 g/mol. The van der Waals surface area contributed by atoms with Gasteiger partial charge in [-0.15, -0.1) is 0 Å². The van der Waals surface area contributed by atoms with Crippen LogP contribution in [0.1, 0.15) is 42.7 Å². The summed E-state index contributed by atoms with van der Waals surface area (Å²) in [7, 11) is 0. The Morgan fingerprint density at radius 2 is 2.00 bits per heavy atom. The Kier molecular flexibility index (Phi) is 2.49. The Labute approximate surface area is 91.9 Å². The molecule has 1 unspecified atom stereocenters.